The monoisotopic (exact) mass is 403 g/mol. The Hall–Kier alpha value is -3.25. The highest BCUT2D eigenvalue weighted by atomic mass is 32.1. The fraction of sp³-hybridized carbons (Fsp3) is 0.174. The quantitative estimate of drug-likeness (QED) is 0.465. The number of carbonyl (C=O) groups excluding carboxylic acids is 1. The predicted octanol–water partition coefficient (Wildman–Crippen LogP) is 4.78. The average Bonchev–Trinajstić information content (AvgIpc) is 3.18. The van der Waals surface area contributed by atoms with E-state index in [1.54, 1.807) is 24.4 Å². The zero-order valence-electron chi connectivity index (χ0n) is 16.3. The van der Waals surface area contributed by atoms with Gasteiger partial charge in [-0.1, -0.05) is 53.3 Å². The molecule has 4 aromatic rings. The van der Waals surface area contributed by atoms with Crippen molar-refractivity contribution in [3.05, 3.63) is 83.7 Å². The molecule has 0 bridgehead atoms. The van der Waals surface area contributed by atoms with E-state index in [9.17, 15) is 4.79 Å². The lowest BCUT2D eigenvalue weighted by Crippen LogP contribution is -2.31. The lowest BCUT2D eigenvalue weighted by Gasteiger charge is -2.20. The molecule has 0 radical (unpaired) electrons. The lowest BCUT2D eigenvalue weighted by atomic mass is 10.1. The number of hydrogen-bond acceptors (Lipinski definition) is 5. The van der Waals surface area contributed by atoms with E-state index < -0.39 is 0 Å². The molecule has 0 aliphatic rings. The van der Waals surface area contributed by atoms with Gasteiger partial charge in [0.25, 0.3) is 0 Å². The highest BCUT2D eigenvalue weighted by Gasteiger charge is 2.21. The molecule has 0 atom stereocenters. The Labute approximate surface area is 173 Å². The number of carbonyl (C=O) groups is 1. The van der Waals surface area contributed by atoms with Crippen LogP contribution in [0.4, 0.5) is 5.13 Å². The van der Waals surface area contributed by atoms with Crippen LogP contribution < -0.4 is 9.64 Å². The molecule has 2 aromatic carbocycles. The third kappa shape index (κ3) is 4.27. The van der Waals surface area contributed by atoms with Gasteiger partial charge < -0.3 is 4.74 Å². The average molecular weight is 404 g/mol. The topological polar surface area (TPSA) is 55.3 Å². The van der Waals surface area contributed by atoms with Crippen molar-refractivity contribution in [2.45, 2.75) is 19.9 Å². The van der Waals surface area contributed by atoms with Crippen LogP contribution in [-0.4, -0.2) is 23.0 Å². The Morgan fingerprint density at radius 2 is 1.90 bits per heavy atom. The van der Waals surface area contributed by atoms with Crippen LogP contribution in [-0.2, 0) is 17.8 Å². The maximum absolute atomic E-state index is 13.3. The minimum absolute atomic E-state index is 0.00395. The van der Waals surface area contributed by atoms with Gasteiger partial charge >= 0.3 is 0 Å². The van der Waals surface area contributed by atoms with Gasteiger partial charge in [0.05, 0.1) is 24.8 Å². The van der Waals surface area contributed by atoms with Crippen LogP contribution in [0, 0.1) is 6.92 Å². The van der Waals surface area contributed by atoms with Gasteiger partial charge in [-0.25, -0.2) is 4.98 Å². The van der Waals surface area contributed by atoms with E-state index in [-0.39, 0.29) is 5.91 Å². The van der Waals surface area contributed by atoms with Crippen LogP contribution in [0.25, 0.3) is 10.2 Å². The van der Waals surface area contributed by atoms with E-state index in [0.29, 0.717) is 23.8 Å². The van der Waals surface area contributed by atoms with Crippen molar-refractivity contribution in [3.63, 3.8) is 0 Å². The van der Waals surface area contributed by atoms with Gasteiger partial charge in [-0.3, -0.25) is 14.7 Å². The van der Waals surface area contributed by atoms with Crippen molar-refractivity contribution in [1.82, 2.24) is 9.97 Å². The van der Waals surface area contributed by atoms with E-state index in [2.05, 4.69) is 4.98 Å². The standard InChI is InChI=1S/C23H21N3O2S/c1-16-8-10-17(11-9-16)13-21(27)26(15-18-5-4-12-24-14-18)23-25-22-19(28-2)6-3-7-20(22)29-23/h3-12,14H,13,15H2,1-2H3. The molecule has 1 amide bonds. The van der Waals surface area contributed by atoms with Gasteiger partial charge in [-0.15, -0.1) is 0 Å². The summed E-state index contributed by atoms with van der Waals surface area (Å²) in [5, 5.41) is 0.658. The summed E-state index contributed by atoms with van der Waals surface area (Å²) in [6.45, 7) is 2.45. The van der Waals surface area contributed by atoms with Crippen LogP contribution in [0.15, 0.2) is 67.0 Å². The van der Waals surface area contributed by atoms with Gasteiger partial charge in [0.2, 0.25) is 5.91 Å². The van der Waals surface area contributed by atoms with Gasteiger partial charge in [-0.2, -0.15) is 0 Å². The Morgan fingerprint density at radius 1 is 1.07 bits per heavy atom. The molecule has 0 aliphatic heterocycles. The van der Waals surface area contributed by atoms with Crippen LogP contribution in [0.5, 0.6) is 5.75 Å². The van der Waals surface area contributed by atoms with Crippen molar-refractivity contribution in [2.24, 2.45) is 0 Å². The SMILES string of the molecule is COc1cccc2sc(N(Cc3cccnc3)C(=O)Cc3ccc(C)cc3)nc12. The van der Waals surface area contributed by atoms with Gasteiger partial charge in [0.15, 0.2) is 5.13 Å². The smallest absolute Gasteiger partial charge is 0.233 e. The molecule has 0 N–H and O–H groups in total. The Bertz CT molecular complexity index is 1120. The summed E-state index contributed by atoms with van der Waals surface area (Å²) < 4.78 is 6.42. The Morgan fingerprint density at radius 3 is 2.62 bits per heavy atom. The van der Waals surface area contributed by atoms with Crippen molar-refractivity contribution < 1.29 is 9.53 Å². The number of ether oxygens (including phenoxy) is 1. The fourth-order valence-corrected chi connectivity index (χ4v) is 4.10. The number of nitrogens with zero attached hydrogens (tertiary/aromatic N) is 3. The van der Waals surface area contributed by atoms with E-state index in [1.807, 2.05) is 61.5 Å². The largest absolute Gasteiger partial charge is 0.494 e. The molecule has 29 heavy (non-hydrogen) atoms. The van der Waals surface area contributed by atoms with Crippen molar-refractivity contribution in [1.29, 1.82) is 0 Å². The molecular formula is C23H21N3O2S. The van der Waals surface area contributed by atoms with E-state index >= 15 is 0 Å². The molecule has 2 aromatic heterocycles. The molecule has 146 valence electrons. The van der Waals surface area contributed by atoms with E-state index in [0.717, 1.165) is 21.3 Å². The first-order valence-corrected chi connectivity index (χ1v) is 10.1. The number of aryl methyl sites for hydroxylation is 1. The normalized spacial score (nSPS) is 10.8. The number of pyridine rings is 1. The molecular weight excluding hydrogens is 382 g/mol. The second-order valence-corrected chi connectivity index (χ2v) is 7.82. The summed E-state index contributed by atoms with van der Waals surface area (Å²) in [4.78, 5) is 23.9. The lowest BCUT2D eigenvalue weighted by molar-refractivity contribution is -0.118. The van der Waals surface area contributed by atoms with E-state index in [4.69, 9.17) is 9.72 Å². The second-order valence-electron chi connectivity index (χ2n) is 6.81. The van der Waals surface area contributed by atoms with Crippen LogP contribution in [0.3, 0.4) is 0 Å². The number of amides is 1. The second kappa shape index (κ2) is 8.41. The first-order valence-electron chi connectivity index (χ1n) is 9.32. The number of benzene rings is 2. The number of methoxy groups -OCH3 is 1. The Balaban J connectivity index is 1.69. The first-order chi connectivity index (χ1) is 14.1. The van der Waals surface area contributed by atoms with Gasteiger partial charge in [0, 0.05) is 12.4 Å². The summed E-state index contributed by atoms with van der Waals surface area (Å²) in [7, 11) is 1.63. The molecule has 6 heteroatoms. The Kier molecular flexibility index (Phi) is 5.53. The predicted molar refractivity (Wildman–Crippen MR) is 116 cm³/mol. The van der Waals surface area contributed by atoms with Crippen LogP contribution >= 0.6 is 11.3 Å². The number of para-hydroxylation sites is 1. The van der Waals surface area contributed by atoms with Gasteiger partial charge in [-0.05, 0) is 36.2 Å². The summed E-state index contributed by atoms with van der Waals surface area (Å²) in [6, 6.07) is 17.7. The summed E-state index contributed by atoms with van der Waals surface area (Å²) >= 11 is 1.49. The molecule has 0 unspecified atom stereocenters. The third-order valence-electron chi connectivity index (χ3n) is 4.66. The van der Waals surface area contributed by atoms with Crippen molar-refractivity contribution >= 4 is 32.6 Å². The fourth-order valence-electron chi connectivity index (χ4n) is 3.10. The minimum Gasteiger partial charge on any atom is -0.494 e. The van der Waals surface area contributed by atoms with Crippen LogP contribution in [0.2, 0.25) is 0 Å². The third-order valence-corrected chi connectivity index (χ3v) is 5.71. The first kappa shape index (κ1) is 19.1. The minimum atomic E-state index is -0.00395. The summed E-state index contributed by atoms with van der Waals surface area (Å²) in [5.74, 6) is 0.702. The molecule has 5 nitrogen and oxygen atoms in total. The summed E-state index contributed by atoms with van der Waals surface area (Å²) in [5.41, 5.74) is 3.88. The number of aromatic nitrogens is 2. The number of thiazole rings is 1. The molecule has 0 saturated carbocycles. The highest BCUT2D eigenvalue weighted by Crippen LogP contribution is 2.34. The van der Waals surface area contributed by atoms with Crippen molar-refractivity contribution in [3.8, 4) is 5.75 Å². The zero-order chi connectivity index (χ0) is 20.2. The molecule has 2 heterocycles. The molecule has 0 aliphatic carbocycles. The molecule has 0 saturated heterocycles. The maximum Gasteiger partial charge on any atom is 0.233 e. The van der Waals surface area contributed by atoms with Crippen LogP contribution in [0.1, 0.15) is 16.7 Å². The number of hydrogen-bond donors (Lipinski definition) is 0. The number of anilines is 1. The zero-order valence-corrected chi connectivity index (χ0v) is 17.1. The maximum atomic E-state index is 13.3. The highest BCUT2D eigenvalue weighted by molar-refractivity contribution is 7.22. The molecule has 0 fully saturated rings. The van der Waals surface area contributed by atoms with E-state index in [1.165, 1.54) is 16.9 Å². The number of fused-ring (bicyclic) bond motifs is 1. The molecule has 4 rings (SSSR count). The number of rotatable bonds is 6. The summed E-state index contributed by atoms with van der Waals surface area (Å²) in [6.07, 6.45) is 3.82. The molecule has 0 spiro atoms. The van der Waals surface area contributed by atoms with Crippen molar-refractivity contribution in [2.75, 3.05) is 12.0 Å². The van der Waals surface area contributed by atoms with Gasteiger partial charge in [0.1, 0.15) is 11.3 Å².